The van der Waals surface area contributed by atoms with Crippen LogP contribution < -0.4 is 16.8 Å². The van der Waals surface area contributed by atoms with E-state index in [0.29, 0.717) is 18.8 Å². The predicted octanol–water partition coefficient (Wildman–Crippen LogP) is 0.685. The van der Waals surface area contributed by atoms with Gasteiger partial charge in [-0.3, -0.25) is 4.79 Å². The van der Waals surface area contributed by atoms with E-state index in [1.807, 2.05) is 0 Å². The molecule has 0 saturated heterocycles. The first kappa shape index (κ1) is 11.5. The standard InChI is InChI=1S/C10H14FN3O/c11-7-2-3-9(14-5-1-4-12)8(6-7)10(13)15/h2-3,6,14H,1,4-5,12H2,(H2,13,15). The Labute approximate surface area is 87.4 Å². The van der Waals surface area contributed by atoms with Crippen LogP contribution in [0.15, 0.2) is 18.2 Å². The van der Waals surface area contributed by atoms with Crippen LogP contribution in [-0.4, -0.2) is 19.0 Å². The summed E-state index contributed by atoms with van der Waals surface area (Å²) in [6.07, 6.45) is 0.773. The molecule has 0 aliphatic carbocycles. The number of rotatable bonds is 5. The van der Waals surface area contributed by atoms with Crippen molar-refractivity contribution in [2.75, 3.05) is 18.4 Å². The second-order valence-corrected chi connectivity index (χ2v) is 3.12. The second kappa shape index (κ2) is 5.31. The highest BCUT2D eigenvalue weighted by Crippen LogP contribution is 2.16. The number of anilines is 1. The molecule has 0 saturated carbocycles. The lowest BCUT2D eigenvalue weighted by atomic mass is 10.1. The van der Waals surface area contributed by atoms with Crippen molar-refractivity contribution in [3.8, 4) is 0 Å². The number of amides is 1. The molecule has 1 aromatic rings. The van der Waals surface area contributed by atoms with Crippen LogP contribution in [0.25, 0.3) is 0 Å². The topological polar surface area (TPSA) is 81.1 Å². The summed E-state index contributed by atoms with van der Waals surface area (Å²) in [5.41, 5.74) is 11.1. The highest BCUT2D eigenvalue weighted by molar-refractivity contribution is 5.98. The van der Waals surface area contributed by atoms with E-state index in [9.17, 15) is 9.18 Å². The van der Waals surface area contributed by atoms with Crippen LogP contribution in [0.3, 0.4) is 0 Å². The molecule has 4 nitrogen and oxygen atoms in total. The van der Waals surface area contributed by atoms with Gasteiger partial charge in [-0.25, -0.2) is 4.39 Å². The minimum absolute atomic E-state index is 0.159. The lowest BCUT2D eigenvalue weighted by molar-refractivity contribution is 0.100. The molecular weight excluding hydrogens is 197 g/mol. The van der Waals surface area contributed by atoms with E-state index in [1.165, 1.54) is 12.1 Å². The summed E-state index contributed by atoms with van der Waals surface area (Å²) in [6, 6.07) is 3.89. The molecule has 0 aliphatic heterocycles. The van der Waals surface area contributed by atoms with E-state index in [2.05, 4.69) is 5.32 Å². The van der Waals surface area contributed by atoms with E-state index < -0.39 is 11.7 Å². The largest absolute Gasteiger partial charge is 0.384 e. The molecule has 5 N–H and O–H groups in total. The Balaban J connectivity index is 2.81. The SMILES string of the molecule is NCCCNc1ccc(F)cc1C(N)=O. The molecule has 0 bridgehead atoms. The fourth-order valence-corrected chi connectivity index (χ4v) is 1.20. The summed E-state index contributed by atoms with van der Waals surface area (Å²) in [7, 11) is 0. The van der Waals surface area contributed by atoms with Crippen LogP contribution in [-0.2, 0) is 0 Å². The average molecular weight is 211 g/mol. The number of hydrogen-bond acceptors (Lipinski definition) is 3. The molecule has 0 fully saturated rings. The lowest BCUT2D eigenvalue weighted by Crippen LogP contribution is -2.16. The molecule has 1 rings (SSSR count). The van der Waals surface area contributed by atoms with E-state index in [0.717, 1.165) is 12.5 Å². The van der Waals surface area contributed by atoms with Gasteiger partial charge in [0.1, 0.15) is 5.82 Å². The van der Waals surface area contributed by atoms with E-state index in [4.69, 9.17) is 11.5 Å². The van der Waals surface area contributed by atoms with Crippen LogP contribution in [0.5, 0.6) is 0 Å². The molecule has 0 unspecified atom stereocenters. The van der Waals surface area contributed by atoms with Crippen LogP contribution in [0.2, 0.25) is 0 Å². The van der Waals surface area contributed by atoms with Gasteiger partial charge in [-0.2, -0.15) is 0 Å². The molecule has 0 aliphatic rings. The van der Waals surface area contributed by atoms with Gasteiger partial charge in [0, 0.05) is 12.2 Å². The van der Waals surface area contributed by atoms with E-state index in [-0.39, 0.29) is 5.56 Å². The van der Waals surface area contributed by atoms with Gasteiger partial charge in [0.25, 0.3) is 5.91 Å². The Morgan fingerprint density at radius 1 is 1.47 bits per heavy atom. The number of hydrogen-bond donors (Lipinski definition) is 3. The Kier molecular flexibility index (Phi) is 4.05. The number of halogens is 1. The van der Waals surface area contributed by atoms with Crippen molar-refractivity contribution >= 4 is 11.6 Å². The molecule has 15 heavy (non-hydrogen) atoms. The normalized spacial score (nSPS) is 10.0. The third kappa shape index (κ3) is 3.21. The van der Waals surface area contributed by atoms with Gasteiger partial charge in [0.2, 0.25) is 0 Å². The fourth-order valence-electron chi connectivity index (χ4n) is 1.20. The number of primary amides is 1. The molecular formula is C10H14FN3O. The molecule has 0 heterocycles. The van der Waals surface area contributed by atoms with Gasteiger partial charge < -0.3 is 16.8 Å². The summed E-state index contributed by atoms with van der Waals surface area (Å²) in [5.74, 6) is -1.13. The van der Waals surface area contributed by atoms with E-state index in [1.54, 1.807) is 0 Å². The van der Waals surface area contributed by atoms with Crippen molar-refractivity contribution < 1.29 is 9.18 Å². The zero-order valence-corrected chi connectivity index (χ0v) is 8.29. The third-order valence-electron chi connectivity index (χ3n) is 1.94. The van der Waals surface area contributed by atoms with Crippen molar-refractivity contribution in [3.05, 3.63) is 29.6 Å². The van der Waals surface area contributed by atoms with Crippen molar-refractivity contribution in [1.82, 2.24) is 0 Å². The summed E-state index contributed by atoms with van der Waals surface area (Å²) in [5, 5.41) is 2.98. The van der Waals surface area contributed by atoms with Gasteiger partial charge in [0.05, 0.1) is 5.56 Å². The van der Waals surface area contributed by atoms with Gasteiger partial charge in [-0.05, 0) is 31.2 Å². The van der Waals surface area contributed by atoms with Gasteiger partial charge >= 0.3 is 0 Å². The Bertz CT molecular complexity index is 355. The van der Waals surface area contributed by atoms with Gasteiger partial charge in [0.15, 0.2) is 0 Å². The molecule has 82 valence electrons. The number of nitrogens with one attached hydrogen (secondary N) is 1. The number of carbonyl (C=O) groups excluding carboxylic acids is 1. The highest BCUT2D eigenvalue weighted by Gasteiger charge is 2.08. The summed E-state index contributed by atoms with van der Waals surface area (Å²) in [4.78, 5) is 11.0. The maximum Gasteiger partial charge on any atom is 0.250 e. The zero-order chi connectivity index (χ0) is 11.3. The van der Waals surface area contributed by atoms with Gasteiger partial charge in [-0.1, -0.05) is 0 Å². The van der Waals surface area contributed by atoms with Crippen LogP contribution in [0.4, 0.5) is 10.1 Å². The fraction of sp³-hybridized carbons (Fsp3) is 0.300. The minimum atomic E-state index is -0.648. The minimum Gasteiger partial charge on any atom is -0.384 e. The van der Waals surface area contributed by atoms with Crippen LogP contribution >= 0.6 is 0 Å². The molecule has 0 atom stereocenters. The van der Waals surface area contributed by atoms with Crippen molar-refractivity contribution in [1.29, 1.82) is 0 Å². The first-order valence-corrected chi connectivity index (χ1v) is 4.68. The molecule has 1 aromatic carbocycles. The summed E-state index contributed by atoms with van der Waals surface area (Å²) in [6.45, 7) is 1.18. The van der Waals surface area contributed by atoms with Crippen molar-refractivity contribution in [2.45, 2.75) is 6.42 Å². The molecule has 0 spiro atoms. The first-order chi connectivity index (χ1) is 7.15. The summed E-state index contributed by atoms with van der Waals surface area (Å²) < 4.78 is 12.8. The predicted molar refractivity (Wildman–Crippen MR) is 57.1 cm³/mol. The maximum atomic E-state index is 12.8. The summed E-state index contributed by atoms with van der Waals surface area (Å²) >= 11 is 0. The molecule has 5 heteroatoms. The van der Waals surface area contributed by atoms with Crippen molar-refractivity contribution in [3.63, 3.8) is 0 Å². The van der Waals surface area contributed by atoms with Crippen LogP contribution in [0.1, 0.15) is 16.8 Å². The maximum absolute atomic E-state index is 12.8. The smallest absolute Gasteiger partial charge is 0.250 e. The van der Waals surface area contributed by atoms with Crippen molar-refractivity contribution in [2.24, 2.45) is 11.5 Å². The quantitative estimate of drug-likeness (QED) is 0.626. The van der Waals surface area contributed by atoms with Gasteiger partial charge in [-0.15, -0.1) is 0 Å². The number of carbonyl (C=O) groups is 1. The Morgan fingerprint density at radius 3 is 2.80 bits per heavy atom. The Morgan fingerprint density at radius 2 is 2.20 bits per heavy atom. The molecule has 0 aromatic heterocycles. The molecule has 0 radical (unpaired) electrons. The highest BCUT2D eigenvalue weighted by atomic mass is 19.1. The zero-order valence-electron chi connectivity index (χ0n) is 8.29. The first-order valence-electron chi connectivity index (χ1n) is 4.68. The van der Waals surface area contributed by atoms with Crippen LogP contribution in [0, 0.1) is 5.82 Å². The third-order valence-corrected chi connectivity index (χ3v) is 1.94. The number of benzene rings is 1. The van der Waals surface area contributed by atoms with E-state index >= 15 is 0 Å². The number of nitrogens with two attached hydrogens (primary N) is 2. The Hall–Kier alpha value is -1.62. The monoisotopic (exact) mass is 211 g/mol. The lowest BCUT2D eigenvalue weighted by Gasteiger charge is -2.09. The average Bonchev–Trinajstić information content (AvgIpc) is 2.20. The molecule has 1 amide bonds. The second-order valence-electron chi connectivity index (χ2n) is 3.12.